The van der Waals surface area contributed by atoms with Crippen LogP contribution in [0.1, 0.15) is 31.2 Å². The summed E-state index contributed by atoms with van der Waals surface area (Å²) in [6.07, 6.45) is 4.18. The van der Waals surface area contributed by atoms with E-state index in [1.54, 1.807) is 18.2 Å². The zero-order chi connectivity index (χ0) is 16.2. The SMILES string of the molecule is O=C1CS/C(=N\N=C2CCCC2)N1Cc1ccccc1[N+](=O)[O-]. The largest absolute Gasteiger partial charge is 0.284 e. The van der Waals surface area contributed by atoms with E-state index in [9.17, 15) is 14.9 Å². The maximum Gasteiger partial charge on any atom is 0.274 e. The fourth-order valence-electron chi connectivity index (χ4n) is 2.62. The van der Waals surface area contributed by atoms with Crippen LogP contribution in [0.2, 0.25) is 0 Å². The Hall–Kier alpha value is -2.22. The highest BCUT2D eigenvalue weighted by atomic mass is 32.2. The second-order valence-corrected chi connectivity index (χ2v) is 6.35. The Balaban J connectivity index is 1.82. The van der Waals surface area contributed by atoms with Gasteiger partial charge in [-0.2, -0.15) is 5.10 Å². The molecular formula is C15H16N4O3S. The molecule has 0 atom stereocenters. The lowest BCUT2D eigenvalue weighted by atomic mass is 10.1. The number of amidine groups is 1. The van der Waals surface area contributed by atoms with Crippen molar-refractivity contribution in [1.29, 1.82) is 0 Å². The maximum absolute atomic E-state index is 12.1. The Morgan fingerprint density at radius 3 is 2.70 bits per heavy atom. The minimum Gasteiger partial charge on any atom is -0.284 e. The summed E-state index contributed by atoms with van der Waals surface area (Å²) in [7, 11) is 0. The summed E-state index contributed by atoms with van der Waals surface area (Å²) in [6, 6.07) is 6.45. The molecule has 0 radical (unpaired) electrons. The molecule has 120 valence electrons. The molecule has 2 aliphatic rings. The van der Waals surface area contributed by atoms with Crippen molar-refractivity contribution in [2.75, 3.05) is 5.75 Å². The molecule has 3 rings (SSSR count). The van der Waals surface area contributed by atoms with E-state index in [2.05, 4.69) is 10.2 Å². The van der Waals surface area contributed by atoms with Crippen LogP contribution in [0.5, 0.6) is 0 Å². The first-order valence-corrected chi connectivity index (χ1v) is 8.42. The van der Waals surface area contributed by atoms with Crippen molar-refractivity contribution in [3.63, 3.8) is 0 Å². The Kier molecular flexibility index (Phi) is 4.71. The van der Waals surface area contributed by atoms with Crippen molar-refractivity contribution >= 4 is 34.2 Å². The van der Waals surface area contributed by atoms with Crippen molar-refractivity contribution in [2.24, 2.45) is 10.2 Å². The average molecular weight is 332 g/mol. The monoisotopic (exact) mass is 332 g/mol. The van der Waals surface area contributed by atoms with Gasteiger partial charge in [0.05, 0.1) is 17.2 Å². The van der Waals surface area contributed by atoms with Gasteiger partial charge in [0, 0.05) is 17.3 Å². The van der Waals surface area contributed by atoms with Gasteiger partial charge in [0.15, 0.2) is 5.17 Å². The van der Waals surface area contributed by atoms with Gasteiger partial charge in [-0.25, -0.2) is 0 Å². The molecule has 23 heavy (non-hydrogen) atoms. The van der Waals surface area contributed by atoms with Crippen LogP contribution in [0.25, 0.3) is 0 Å². The lowest BCUT2D eigenvalue weighted by molar-refractivity contribution is -0.385. The summed E-state index contributed by atoms with van der Waals surface area (Å²) in [5.74, 6) is 0.197. The molecule has 0 aromatic heterocycles. The highest BCUT2D eigenvalue weighted by Crippen LogP contribution is 2.26. The number of para-hydroxylation sites is 1. The topological polar surface area (TPSA) is 88.2 Å². The first-order chi connectivity index (χ1) is 11.1. The van der Waals surface area contributed by atoms with E-state index in [4.69, 9.17) is 0 Å². The first kappa shape index (κ1) is 15.7. The smallest absolute Gasteiger partial charge is 0.274 e. The molecule has 0 N–H and O–H groups in total. The van der Waals surface area contributed by atoms with Crippen molar-refractivity contribution in [3.8, 4) is 0 Å². The number of carbonyl (C=O) groups is 1. The van der Waals surface area contributed by atoms with Crippen LogP contribution in [0.3, 0.4) is 0 Å². The molecule has 1 aliphatic carbocycles. The Morgan fingerprint density at radius 1 is 1.22 bits per heavy atom. The molecule has 1 amide bonds. The quantitative estimate of drug-likeness (QED) is 0.626. The van der Waals surface area contributed by atoms with Crippen LogP contribution in [-0.4, -0.2) is 32.4 Å². The summed E-state index contributed by atoms with van der Waals surface area (Å²) in [5, 5.41) is 20.1. The number of thioether (sulfide) groups is 1. The number of amides is 1. The molecule has 0 unspecified atom stereocenters. The molecule has 1 heterocycles. The van der Waals surface area contributed by atoms with Crippen molar-refractivity contribution in [2.45, 2.75) is 32.2 Å². The van der Waals surface area contributed by atoms with Gasteiger partial charge < -0.3 is 0 Å². The number of nitrogens with zero attached hydrogens (tertiary/aromatic N) is 4. The van der Waals surface area contributed by atoms with Crippen LogP contribution in [0.15, 0.2) is 34.5 Å². The third kappa shape index (κ3) is 3.58. The number of hydrogen-bond donors (Lipinski definition) is 0. The normalized spacial score (nSPS) is 19.7. The minimum absolute atomic E-state index is 0.0126. The number of benzene rings is 1. The number of nitro benzene ring substituents is 1. The predicted octanol–water partition coefficient (Wildman–Crippen LogP) is 2.96. The highest BCUT2D eigenvalue weighted by molar-refractivity contribution is 8.15. The lowest BCUT2D eigenvalue weighted by Crippen LogP contribution is -2.29. The van der Waals surface area contributed by atoms with Gasteiger partial charge in [-0.1, -0.05) is 30.0 Å². The van der Waals surface area contributed by atoms with E-state index in [1.165, 1.54) is 22.7 Å². The fourth-order valence-corrected chi connectivity index (χ4v) is 3.45. The Labute approximate surface area is 137 Å². The van der Waals surface area contributed by atoms with Gasteiger partial charge in [0.25, 0.3) is 5.69 Å². The molecule has 1 aliphatic heterocycles. The maximum atomic E-state index is 12.1. The summed E-state index contributed by atoms with van der Waals surface area (Å²) in [6.45, 7) is 0.146. The molecule has 2 fully saturated rings. The van der Waals surface area contributed by atoms with E-state index in [0.29, 0.717) is 16.5 Å². The van der Waals surface area contributed by atoms with E-state index < -0.39 is 4.92 Å². The van der Waals surface area contributed by atoms with Gasteiger partial charge in [-0.15, -0.1) is 5.10 Å². The molecule has 0 spiro atoms. The number of nitro groups is 1. The van der Waals surface area contributed by atoms with Gasteiger partial charge in [0.1, 0.15) is 0 Å². The molecule has 1 saturated carbocycles. The van der Waals surface area contributed by atoms with Crippen LogP contribution in [0, 0.1) is 10.1 Å². The zero-order valence-corrected chi connectivity index (χ0v) is 13.3. The predicted molar refractivity (Wildman–Crippen MR) is 89.4 cm³/mol. The van der Waals surface area contributed by atoms with E-state index in [-0.39, 0.29) is 18.1 Å². The fraction of sp³-hybridized carbons (Fsp3) is 0.400. The molecule has 1 aromatic rings. The van der Waals surface area contributed by atoms with Crippen LogP contribution in [-0.2, 0) is 11.3 Å². The molecule has 1 aromatic carbocycles. The number of carbonyl (C=O) groups excluding carboxylic acids is 1. The number of hydrogen-bond acceptors (Lipinski definition) is 6. The molecular weight excluding hydrogens is 316 g/mol. The van der Waals surface area contributed by atoms with Gasteiger partial charge in [-0.3, -0.25) is 19.8 Å². The van der Waals surface area contributed by atoms with Crippen LogP contribution >= 0.6 is 11.8 Å². The van der Waals surface area contributed by atoms with Gasteiger partial charge in [0.2, 0.25) is 5.91 Å². The van der Waals surface area contributed by atoms with Gasteiger partial charge in [-0.05, 0) is 25.7 Å². The lowest BCUT2D eigenvalue weighted by Gasteiger charge is -2.15. The van der Waals surface area contributed by atoms with E-state index in [0.717, 1.165) is 31.4 Å². The minimum atomic E-state index is -0.432. The van der Waals surface area contributed by atoms with E-state index in [1.807, 2.05) is 0 Å². The van der Waals surface area contributed by atoms with Crippen molar-refractivity contribution < 1.29 is 9.72 Å². The van der Waals surface area contributed by atoms with Crippen molar-refractivity contribution in [1.82, 2.24) is 4.90 Å². The van der Waals surface area contributed by atoms with Crippen LogP contribution < -0.4 is 0 Å². The molecule has 1 saturated heterocycles. The number of rotatable bonds is 4. The molecule has 8 heteroatoms. The summed E-state index contributed by atoms with van der Waals surface area (Å²) in [5.41, 5.74) is 1.57. The molecule has 7 nitrogen and oxygen atoms in total. The second kappa shape index (κ2) is 6.91. The highest BCUT2D eigenvalue weighted by Gasteiger charge is 2.30. The Bertz CT molecular complexity index is 694. The van der Waals surface area contributed by atoms with Crippen molar-refractivity contribution in [3.05, 3.63) is 39.9 Å². The van der Waals surface area contributed by atoms with Crippen LogP contribution in [0.4, 0.5) is 5.69 Å². The third-order valence-electron chi connectivity index (χ3n) is 3.83. The second-order valence-electron chi connectivity index (χ2n) is 5.41. The summed E-state index contributed by atoms with van der Waals surface area (Å²) >= 11 is 1.32. The standard InChI is InChI=1S/C15H16N4O3S/c20-14-10-23-15(17-16-12-6-2-3-7-12)18(14)9-11-5-1-4-8-13(11)19(21)22/h1,4-5,8H,2-3,6-7,9-10H2/b17-15-. The average Bonchev–Trinajstić information content (AvgIpc) is 3.17. The third-order valence-corrected chi connectivity index (χ3v) is 4.78. The molecule has 0 bridgehead atoms. The zero-order valence-electron chi connectivity index (χ0n) is 12.5. The summed E-state index contributed by atoms with van der Waals surface area (Å²) < 4.78 is 0. The van der Waals surface area contributed by atoms with Gasteiger partial charge >= 0.3 is 0 Å². The first-order valence-electron chi connectivity index (χ1n) is 7.44. The summed E-state index contributed by atoms with van der Waals surface area (Å²) in [4.78, 5) is 24.2. The van der Waals surface area contributed by atoms with E-state index >= 15 is 0 Å². The Morgan fingerprint density at radius 2 is 1.96 bits per heavy atom.